The van der Waals surface area contributed by atoms with Crippen LogP contribution in [-0.4, -0.2) is 76.8 Å². The summed E-state index contributed by atoms with van der Waals surface area (Å²) in [6.45, 7) is 8.62. The molecule has 192 valence electrons. The Hall–Kier alpha value is -2.79. The van der Waals surface area contributed by atoms with Crippen molar-refractivity contribution in [3.8, 4) is 17.7 Å². The van der Waals surface area contributed by atoms with Crippen molar-refractivity contribution in [3.05, 3.63) is 23.4 Å². The predicted molar refractivity (Wildman–Crippen MR) is 135 cm³/mol. The first-order valence-electron chi connectivity index (χ1n) is 12.8. The Morgan fingerprint density at radius 2 is 2.06 bits per heavy atom. The number of rotatable bonds is 6. The number of ether oxygens (including phenoxy) is 1. The molecule has 1 saturated carbocycles. The molecule has 35 heavy (non-hydrogen) atoms. The van der Waals surface area contributed by atoms with Gasteiger partial charge in [0.2, 0.25) is 5.88 Å². The maximum Gasteiger partial charge on any atom is 0.317 e. The van der Waals surface area contributed by atoms with Crippen LogP contribution in [0.15, 0.2) is 12.3 Å². The number of urea groups is 1. The van der Waals surface area contributed by atoms with E-state index in [9.17, 15) is 14.7 Å². The summed E-state index contributed by atoms with van der Waals surface area (Å²) in [5, 5.41) is 12.9. The highest BCUT2D eigenvalue weighted by atomic mass is 16.5. The van der Waals surface area contributed by atoms with Crippen LogP contribution in [0.1, 0.15) is 75.7 Å². The molecule has 3 amide bonds. The van der Waals surface area contributed by atoms with Crippen LogP contribution in [0.3, 0.4) is 0 Å². The predicted octanol–water partition coefficient (Wildman–Crippen LogP) is 3.28. The lowest BCUT2D eigenvalue weighted by Crippen LogP contribution is -2.52. The van der Waals surface area contributed by atoms with Crippen LogP contribution in [0.2, 0.25) is 0 Å². The number of nitrogens with zero attached hydrogens (tertiary/aromatic N) is 3. The molecule has 1 aliphatic heterocycles. The summed E-state index contributed by atoms with van der Waals surface area (Å²) in [4.78, 5) is 34.0. The largest absolute Gasteiger partial charge is 0.472 e. The van der Waals surface area contributed by atoms with Gasteiger partial charge in [-0.05, 0) is 31.7 Å². The van der Waals surface area contributed by atoms with E-state index in [4.69, 9.17) is 4.74 Å². The molecule has 1 fully saturated rings. The normalized spacial score (nSPS) is 21.3. The number of fused-ring (bicyclic) bond motifs is 1. The van der Waals surface area contributed by atoms with Gasteiger partial charge in [0.25, 0.3) is 5.91 Å². The Balaban J connectivity index is 1.85. The first kappa shape index (κ1) is 26.8. The lowest BCUT2D eigenvalue weighted by molar-refractivity contribution is 0.0351. The Morgan fingerprint density at radius 3 is 2.71 bits per heavy atom. The minimum Gasteiger partial charge on any atom is -0.472 e. The van der Waals surface area contributed by atoms with Gasteiger partial charge in [0.05, 0.1) is 19.2 Å². The van der Waals surface area contributed by atoms with Gasteiger partial charge in [-0.15, -0.1) is 0 Å². The molecule has 0 unspecified atom stereocenters. The van der Waals surface area contributed by atoms with E-state index in [1.54, 1.807) is 29.1 Å². The zero-order valence-electron chi connectivity index (χ0n) is 21.7. The molecule has 0 radical (unpaired) electrons. The quantitative estimate of drug-likeness (QED) is 0.605. The Bertz CT molecular complexity index is 948. The highest BCUT2D eigenvalue weighted by Gasteiger charge is 2.35. The average Bonchev–Trinajstić information content (AvgIpc) is 3.33. The lowest BCUT2D eigenvalue weighted by atomic mass is 10.00. The van der Waals surface area contributed by atoms with Gasteiger partial charge in [-0.2, -0.15) is 0 Å². The topological polar surface area (TPSA) is 95.0 Å². The standard InChI is InChI=1S/C27H40N4O4/c1-18(2)9-8-10-21-13-23-25(28-14-21)35-24(19(3)15-31(26(23)33)20(4)17-32)16-30(5)27(34)29-22-11-6-7-12-22/h13-14,18-20,22,24,32H,6-7,9,11-12,15-17H2,1-5H3,(H,29,34)/t19-,20+,24-/m0/s1. The first-order chi connectivity index (χ1) is 16.7. The molecular weight excluding hydrogens is 444 g/mol. The SMILES string of the molecule is CC(C)CC#Cc1cnc2c(c1)C(=O)N([C@H](C)CO)C[C@H](C)[C@H](CN(C)C(=O)NC1CCCC1)O2. The third kappa shape index (κ3) is 7.11. The second-order valence-corrected chi connectivity index (χ2v) is 10.4. The van der Waals surface area contributed by atoms with Crippen LogP contribution < -0.4 is 10.1 Å². The molecule has 0 spiro atoms. The summed E-state index contributed by atoms with van der Waals surface area (Å²) in [5.41, 5.74) is 0.979. The van der Waals surface area contributed by atoms with E-state index >= 15 is 0 Å². The molecule has 2 aliphatic rings. The summed E-state index contributed by atoms with van der Waals surface area (Å²) in [5.74, 6) is 6.59. The monoisotopic (exact) mass is 484 g/mol. The number of likely N-dealkylation sites (N-methyl/N-ethyl adjacent to an activating group) is 1. The number of carbonyl (C=O) groups excluding carboxylic acids is 2. The number of aromatic nitrogens is 1. The minimum atomic E-state index is -0.375. The van der Waals surface area contributed by atoms with Gasteiger partial charge in [-0.1, -0.05) is 45.5 Å². The summed E-state index contributed by atoms with van der Waals surface area (Å²) >= 11 is 0. The first-order valence-corrected chi connectivity index (χ1v) is 12.8. The van der Waals surface area contributed by atoms with Crippen molar-refractivity contribution in [2.24, 2.45) is 11.8 Å². The van der Waals surface area contributed by atoms with E-state index < -0.39 is 0 Å². The van der Waals surface area contributed by atoms with Gasteiger partial charge in [0.15, 0.2) is 0 Å². The van der Waals surface area contributed by atoms with Crippen molar-refractivity contribution < 1.29 is 19.4 Å². The van der Waals surface area contributed by atoms with Crippen LogP contribution in [-0.2, 0) is 0 Å². The van der Waals surface area contributed by atoms with Crippen LogP contribution >= 0.6 is 0 Å². The van der Waals surface area contributed by atoms with E-state index in [0.29, 0.717) is 30.1 Å². The fourth-order valence-corrected chi connectivity index (χ4v) is 4.45. The summed E-state index contributed by atoms with van der Waals surface area (Å²) in [7, 11) is 1.76. The highest BCUT2D eigenvalue weighted by Crippen LogP contribution is 2.27. The van der Waals surface area contributed by atoms with E-state index in [0.717, 1.165) is 32.1 Å². The van der Waals surface area contributed by atoms with Crippen molar-refractivity contribution in [1.82, 2.24) is 20.1 Å². The van der Waals surface area contributed by atoms with Gasteiger partial charge in [-0.3, -0.25) is 4.79 Å². The molecule has 1 aliphatic carbocycles. The lowest BCUT2D eigenvalue weighted by Gasteiger charge is -2.37. The molecule has 3 atom stereocenters. The molecule has 3 rings (SSSR count). The number of aliphatic hydroxyl groups is 1. The van der Waals surface area contributed by atoms with Crippen LogP contribution in [0.4, 0.5) is 4.79 Å². The van der Waals surface area contributed by atoms with Gasteiger partial charge in [0, 0.05) is 43.7 Å². The number of aliphatic hydroxyl groups excluding tert-OH is 1. The molecule has 0 saturated heterocycles. The average molecular weight is 485 g/mol. The van der Waals surface area contributed by atoms with Gasteiger partial charge >= 0.3 is 6.03 Å². The molecule has 2 N–H and O–H groups in total. The van der Waals surface area contributed by atoms with E-state index in [2.05, 4.69) is 36.0 Å². The molecule has 8 nitrogen and oxygen atoms in total. The van der Waals surface area contributed by atoms with E-state index in [1.165, 1.54) is 0 Å². The van der Waals surface area contributed by atoms with Crippen molar-refractivity contribution >= 4 is 11.9 Å². The summed E-state index contributed by atoms with van der Waals surface area (Å²) in [6.07, 6.45) is 6.34. The number of nitrogens with one attached hydrogen (secondary N) is 1. The summed E-state index contributed by atoms with van der Waals surface area (Å²) in [6, 6.07) is 1.47. The Labute approximate surface area is 209 Å². The van der Waals surface area contributed by atoms with Crippen LogP contribution in [0.5, 0.6) is 5.88 Å². The fraction of sp³-hybridized carbons (Fsp3) is 0.667. The van der Waals surface area contributed by atoms with Crippen LogP contribution in [0.25, 0.3) is 0 Å². The number of pyridine rings is 1. The number of hydrogen-bond acceptors (Lipinski definition) is 5. The Kier molecular flexibility index (Phi) is 9.39. The van der Waals surface area contributed by atoms with Crippen molar-refractivity contribution in [3.63, 3.8) is 0 Å². The molecule has 1 aromatic rings. The molecule has 0 aromatic carbocycles. The zero-order chi connectivity index (χ0) is 25.5. The smallest absolute Gasteiger partial charge is 0.317 e. The number of hydrogen-bond donors (Lipinski definition) is 2. The van der Waals surface area contributed by atoms with Gasteiger partial charge in [-0.25, -0.2) is 9.78 Å². The molecule has 8 heteroatoms. The fourth-order valence-electron chi connectivity index (χ4n) is 4.45. The third-order valence-electron chi connectivity index (χ3n) is 6.75. The minimum absolute atomic E-state index is 0.0878. The highest BCUT2D eigenvalue weighted by molar-refractivity contribution is 5.97. The second-order valence-electron chi connectivity index (χ2n) is 10.4. The molecule has 2 heterocycles. The van der Waals surface area contributed by atoms with Crippen LogP contribution in [0, 0.1) is 23.7 Å². The third-order valence-corrected chi connectivity index (χ3v) is 6.75. The van der Waals surface area contributed by atoms with Gasteiger partial charge < -0.3 is 25.0 Å². The zero-order valence-corrected chi connectivity index (χ0v) is 21.7. The van der Waals surface area contributed by atoms with Gasteiger partial charge in [0.1, 0.15) is 11.7 Å². The maximum absolute atomic E-state index is 13.5. The molecule has 0 bridgehead atoms. The van der Waals surface area contributed by atoms with E-state index in [1.807, 2.05) is 13.8 Å². The molecular formula is C27H40N4O4. The Morgan fingerprint density at radius 1 is 1.34 bits per heavy atom. The van der Waals surface area contributed by atoms with Crippen molar-refractivity contribution in [1.29, 1.82) is 0 Å². The second kappa shape index (κ2) is 12.3. The van der Waals surface area contributed by atoms with Crippen molar-refractivity contribution in [2.45, 2.75) is 78.0 Å². The van der Waals surface area contributed by atoms with E-state index in [-0.39, 0.29) is 48.5 Å². The summed E-state index contributed by atoms with van der Waals surface area (Å²) < 4.78 is 6.28. The molecule has 1 aromatic heterocycles. The number of amides is 3. The van der Waals surface area contributed by atoms with Crippen molar-refractivity contribution in [2.75, 3.05) is 26.7 Å². The number of carbonyl (C=O) groups is 2. The maximum atomic E-state index is 13.5.